The van der Waals surface area contributed by atoms with E-state index in [2.05, 4.69) is 26.5 Å². The van der Waals surface area contributed by atoms with E-state index in [-0.39, 0.29) is 27.2 Å². The Kier molecular flexibility index (Phi) is 11.0. The summed E-state index contributed by atoms with van der Waals surface area (Å²) in [6, 6.07) is 21.3. The molecule has 0 saturated heterocycles. The zero-order valence-corrected chi connectivity index (χ0v) is 27.5. The average molecular weight is 726 g/mol. The van der Waals surface area contributed by atoms with Gasteiger partial charge < -0.3 is 9.47 Å². The SMILES string of the molecule is COc1cc(/C=N\NC(=O)CN(c2cc(Cl)cc(Cl)c2)S(=O)(=O)c2ccc(C)cc2)cc(Br)c1OCc1ccc(Cl)cc1. The molecule has 0 aromatic heterocycles. The van der Waals surface area contributed by atoms with E-state index in [1.807, 2.05) is 19.1 Å². The predicted molar refractivity (Wildman–Crippen MR) is 174 cm³/mol. The summed E-state index contributed by atoms with van der Waals surface area (Å²) >= 11 is 21.7. The first-order valence-electron chi connectivity index (χ1n) is 12.6. The molecule has 0 atom stereocenters. The fraction of sp³-hybridized carbons (Fsp3) is 0.133. The van der Waals surface area contributed by atoms with Gasteiger partial charge in [0.05, 0.1) is 28.4 Å². The van der Waals surface area contributed by atoms with E-state index in [0.717, 1.165) is 15.4 Å². The Bertz CT molecular complexity index is 1730. The number of amides is 1. The molecule has 1 N–H and O–H groups in total. The van der Waals surface area contributed by atoms with Gasteiger partial charge in [0.15, 0.2) is 11.5 Å². The van der Waals surface area contributed by atoms with Crippen LogP contribution in [0.25, 0.3) is 0 Å². The van der Waals surface area contributed by atoms with Gasteiger partial charge in [0.2, 0.25) is 0 Å². The van der Waals surface area contributed by atoms with Crippen molar-refractivity contribution in [2.24, 2.45) is 5.10 Å². The van der Waals surface area contributed by atoms with E-state index < -0.39 is 22.5 Å². The van der Waals surface area contributed by atoms with Crippen molar-refractivity contribution in [3.8, 4) is 11.5 Å². The van der Waals surface area contributed by atoms with Gasteiger partial charge in [-0.2, -0.15) is 5.10 Å². The third-order valence-corrected chi connectivity index (χ3v) is 9.05. The van der Waals surface area contributed by atoms with Crippen LogP contribution < -0.4 is 19.2 Å². The van der Waals surface area contributed by atoms with E-state index in [4.69, 9.17) is 44.3 Å². The van der Waals surface area contributed by atoms with Crippen LogP contribution in [0.15, 0.2) is 93.3 Å². The Morgan fingerprint density at radius 1 is 0.953 bits per heavy atom. The molecule has 1 amide bonds. The molecular weight excluding hydrogens is 701 g/mol. The number of anilines is 1. The van der Waals surface area contributed by atoms with Gasteiger partial charge in [-0.05, 0) is 88.6 Å². The second-order valence-corrected chi connectivity index (χ2v) is 13.2. The predicted octanol–water partition coefficient (Wildman–Crippen LogP) is 7.65. The largest absolute Gasteiger partial charge is 0.493 e. The van der Waals surface area contributed by atoms with Crippen LogP contribution >= 0.6 is 50.7 Å². The van der Waals surface area contributed by atoms with Crippen molar-refractivity contribution in [1.29, 1.82) is 0 Å². The van der Waals surface area contributed by atoms with E-state index >= 15 is 0 Å². The third-order valence-electron chi connectivity index (χ3n) is 5.98. The molecule has 0 radical (unpaired) electrons. The Morgan fingerprint density at radius 3 is 2.23 bits per heavy atom. The number of ether oxygens (including phenoxy) is 2. The standard InChI is InChI=1S/C30H25BrCl3N3O5S/c1-19-3-9-26(10-4-19)43(39,40)37(25-14-23(33)13-24(34)15-25)17-29(38)36-35-16-21-11-27(31)30(28(12-21)41-2)42-18-20-5-7-22(32)8-6-20/h3-16H,17-18H2,1-2H3,(H,36,38)/b35-16-. The lowest BCUT2D eigenvalue weighted by Gasteiger charge is -2.24. The molecular formula is C30H25BrCl3N3O5S. The lowest BCUT2D eigenvalue weighted by molar-refractivity contribution is -0.119. The number of methoxy groups -OCH3 is 1. The van der Waals surface area contributed by atoms with Crippen molar-refractivity contribution in [1.82, 2.24) is 5.43 Å². The van der Waals surface area contributed by atoms with Crippen LogP contribution in [0.5, 0.6) is 11.5 Å². The highest BCUT2D eigenvalue weighted by Crippen LogP contribution is 2.37. The fourth-order valence-corrected chi connectivity index (χ4v) is 6.49. The molecule has 0 aliphatic carbocycles. The molecule has 0 heterocycles. The summed E-state index contributed by atoms with van der Waals surface area (Å²) in [5, 5.41) is 5.07. The minimum atomic E-state index is -4.16. The number of benzene rings is 4. The van der Waals surface area contributed by atoms with Gasteiger partial charge in [0.25, 0.3) is 15.9 Å². The maximum Gasteiger partial charge on any atom is 0.264 e. The molecule has 0 bridgehead atoms. The molecule has 43 heavy (non-hydrogen) atoms. The van der Waals surface area contributed by atoms with Crippen LogP contribution in [0.4, 0.5) is 5.69 Å². The first kappa shape index (κ1) is 32.6. The van der Waals surface area contributed by atoms with Crippen molar-refractivity contribution in [3.63, 3.8) is 0 Å². The van der Waals surface area contributed by atoms with Gasteiger partial charge in [-0.25, -0.2) is 13.8 Å². The summed E-state index contributed by atoms with van der Waals surface area (Å²) in [5.74, 6) is 0.220. The van der Waals surface area contributed by atoms with Crippen LogP contribution in [0.1, 0.15) is 16.7 Å². The number of nitrogens with one attached hydrogen (secondary N) is 1. The summed E-state index contributed by atoms with van der Waals surface area (Å²) in [6.07, 6.45) is 1.39. The lowest BCUT2D eigenvalue weighted by atomic mass is 10.2. The van der Waals surface area contributed by atoms with Crippen molar-refractivity contribution in [2.75, 3.05) is 18.0 Å². The molecule has 0 aliphatic heterocycles. The monoisotopic (exact) mass is 723 g/mol. The third kappa shape index (κ3) is 8.64. The zero-order valence-electron chi connectivity index (χ0n) is 22.9. The Morgan fingerprint density at radius 2 is 1.60 bits per heavy atom. The summed E-state index contributed by atoms with van der Waals surface area (Å²) in [7, 11) is -2.66. The lowest BCUT2D eigenvalue weighted by Crippen LogP contribution is -2.39. The van der Waals surface area contributed by atoms with Gasteiger partial charge in [-0.15, -0.1) is 0 Å². The zero-order chi connectivity index (χ0) is 31.1. The van der Waals surface area contributed by atoms with Crippen LogP contribution in [-0.4, -0.2) is 34.2 Å². The first-order valence-corrected chi connectivity index (χ1v) is 15.9. The van der Waals surface area contributed by atoms with Gasteiger partial charge in [-0.1, -0.05) is 64.6 Å². The molecule has 4 rings (SSSR count). The molecule has 0 fully saturated rings. The van der Waals surface area contributed by atoms with E-state index in [1.165, 1.54) is 43.7 Å². The molecule has 8 nitrogen and oxygen atoms in total. The first-order chi connectivity index (χ1) is 20.5. The highest BCUT2D eigenvalue weighted by atomic mass is 79.9. The second kappa shape index (κ2) is 14.5. The maximum atomic E-state index is 13.6. The number of rotatable bonds is 11. The highest BCUT2D eigenvalue weighted by Gasteiger charge is 2.28. The number of nitrogens with zero attached hydrogens (tertiary/aromatic N) is 2. The summed E-state index contributed by atoms with van der Waals surface area (Å²) in [5.41, 5.74) is 4.88. The normalized spacial score (nSPS) is 11.4. The molecule has 224 valence electrons. The van der Waals surface area contributed by atoms with Gasteiger partial charge in [-0.3, -0.25) is 9.10 Å². The van der Waals surface area contributed by atoms with Crippen molar-refractivity contribution >= 4 is 78.6 Å². The number of hydrazone groups is 1. The van der Waals surface area contributed by atoms with E-state index in [1.54, 1.807) is 36.4 Å². The van der Waals surface area contributed by atoms with Crippen molar-refractivity contribution in [3.05, 3.63) is 115 Å². The summed E-state index contributed by atoms with van der Waals surface area (Å²) in [6.45, 7) is 1.54. The Balaban J connectivity index is 1.50. The molecule has 0 spiro atoms. The highest BCUT2D eigenvalue weighted by molar-refractivity contribution is 9.10. The molecule has 4 aromatic rings. The molecule has 0 saturated carbocycles. The summed E-state index contributed by atoms with van der Waals surface area (Å²) < 4.78 is 40.1. The van der Waals surface area contributed by atoms with Crippen LogP contribution in [-0.2, 0) is 21.4 Å². The minimum absolute atomic E-state index is 0.000755. The molecule has 0 unspecified atom stereocenters. The van der Waals surface area contributed by atoms with Gasteiger partial charge >= 0.3 is 0 Å². The topological polar surface area (TPSA) is 97.3 Å². The van der Waals surface area contributed by atoms with Crippen LogP contribution in [0.2, 0.25) is 15.1 Å². The number of hydrogen-bond donors (Lipinski definition) is 1. The van der Waals surface area contributed by atoms with Crippen molar-refractivity contribution < 1.29 is 22.7 Å². The molecule has 4 aromatic carbocycles. The number of halogens is 4. The van der Waals surface area contributed by atoms with Crippen LogP contribution in [0, 0.1) is 6.92 Å². The fourth-order valence-electron chi connectivity index (χ4n) is 3.87. The smallest absolute Gasteiger partial charge is 0.264 e. The molecule has 0 aliphatic rings. The Hall–Kier alpha value is -3.28. The Labute approximate surface area is 273 Å². The van der Waals surface area contributed by atoms with E-state index in [0.29, 0.717) is 26.6 Å². The summed E-state index contributed by atoms with van der Waals surface area (Å²) in [4.78, 5) is 12.9. The number of hydrogen-bond acceptors (Lipinski definition) is 6. The number of carbonyl (C=O) groups excluding carboxylic acids is 1. The van der Waals surface area contributed by atoms with Crippen molar-refractivity contribution in [2.45, 2.75) is 18.4 Å². The van der Waals surface area contributed by atoms with E-state index in [9.17, 15) is 13.2 Å². The number of aryl methyl sites for hydroxylation is 1. The number of carbonyl (C=O) groups is 1. The van der Waals surface area contributed by atoms with Gasteiger partial charge in [0.1, 0.15) is 13.2 Å². The van der Waals surface area contributed by atoms with Gasteiger partial charge in [0, 0.05) is 15.1 Å². The quantitative estimate of drug-likeness (QED) is 0.127. The van der Waals surface area contributed by atoms with Crippen LogP contribution in [0.3, 0.4) is 0 Å². The average Bonchev–Trinajstić information content (AvgIpc) is 2.95. The molecule has 13 heteroatoms. The maximum absolute atomic E-state index is 13.6. The second-order valence-electron chi connectivity index (χ2n) is 9.19. The number of sulfonamides is 1. The minimum Gasteiger partial charge on any atom is -0.493 e.